The molecule has 0 atom stereocenters. The molecule has 2 rings (SSSR count). The zero-order chi connectivity index (χ0) is 17.2. The largest absolute Gasteiger partial charge is 0.393 e. The second kappa shape index (κ2) is 10.1. The molecule has 1 aromatic heterocycles. The van der Waals surface area contributed by atoms with Gasteiger partial charge >= 0.3 is 0 Å². The summed E-state index contributed by atoms with van der Waals surface area (Å²) < 4.78 is 1.74. The maximum Gasteiger partial charge on any atom is 0.250 e. The molecule has 3 N–H and O–H groups in total. The Kier molecular flexibility index (Phi) is 7.82. The number of hydrogen-bond donors (Lipinski definition) is 3. The molecule has 134 valence electrons. The molecular formula is C18H30N4O2. The highest BCUT2D eigenvalue weighted by Gasteiger charge is 2.19. The predicted octanol–water partition coefficient (Wildman–Crippen LogP) is 1.49. The number of guanidine groups is 1. The maximum absolute atomic E-state index is 11.6. The number of aliphatic hydroxyl groups is 1. The lowest BCUT2D eigenvalue weighted by molar-refractivity contribution is 0.120. The number of hydrogen-bond acceptors (Lipinski definition) is 3. The van der Waals surface area contributed by atoms with Gasteiger partial charge in [0.2, 0.25) is 5.56 Å². The highest BCUT2D eigenvalue weighted by molar-refractivity contribution is 5.80. The summed E-state index contributed by atoms with van der Waals surface area (Å²) in [5.74, 6) is 0.857. The first-order valence-electron chi connectivity index (χ1n) is 9.07. The Balaban J connectivity index is 1.72. The van der Waals surface area contributed by atoms with Gasteiger partial charge in [0.05, 0.1) is 6.10 Å². The summed E-state index contributed by atoms with van der Waals surface area (Å²) in [7, 11) is 0. The molecule has 24 heavy (non-hydrogen) atoms. The van der Waals surface area contributed by atoms with Gasteiger partial charge in [-0.3, -0.25) is 9.79 Å². The molecule has 0 saturated heterocycles. The highest BCUT2D eigenvalue weighted by Crippen LogP contribution is 2.18. The summed E-state index contributed by atoms with van der Waals surface area (Å²) >= 11 is 0. The molecule has 0 bridgehead atoms. The van der Waals surface area contributed by atoms with Crippen LogP contribution in [-0.4, -0.2) is 40.9 Å². The van der Waals surface area contributed by atoms with Crippen LogP contribution in [0.15, 0.2) is 34.2 Å². The van der Waals surface area contributed by atoms with Crippen LogP contribution in [0.1, 0.15) is 45.4 Å². The molecular weight excluding hydrogens is 304 g/mol. The van der Waals surface area contributed by atoms with Gasteiger partial charge in [0.1, 0.15) is 0 Å². The van der Waals surface area contributed by atoms with Gasteiger partial charge in [-0.25, -0.2) is 0 Å². The zero-order valence-corrected chi connectivity index (χ0v) is 14.6. The third-order valence-corrected chi connectivity index (χ3v) is 4.36. The van der Waals surface area contributed by atoms with Crippen molar-refractivity contribution in [2.45, 2.75) is 64.1 Å². The molecule has 1 heterocycles. The fraction of sp³-hybridized carbons (Fsp3) is 0.667. The Morgan fingerprint density at radius 2 is 2.08 bits per heavy atom. The van der Waals surface area contributed by atoms with Crippen LogP contribution >= 0.6 is 0 Å². The zero-order valence-electron chi connectivity index (χ0n) is 14.6. The molecule has 1 aliphatic carbocycles. The lowest BCUT2D eigenvalue weighted by atomic mass is 9.93. The number of aliphatic hydroxyl groups excluding tert-OH is 1. The van der Waals surface area contributed by atoms with Gasteiger partial charge in [-0.15, -0.1) is 0 Å². The number of rotatable bonds is 7. The molecule has 0 aliphatic heterocycles. The van der Waals surface area contributed by atoms with Gasteiger partial charge in [0.15, 0.2) is 5.96 Å². The fourth-order valence-electron chi connectivity index (χ4n) is 2.96. The van der Waals surface area contributed by atoms with Crippen LogP contribution in [0, 0.1) is 0 Å². The lowest BCUT2D eigenvalue weighted by Crippen LogP contribution is -2.45. The third kappa shape index (κ3) is 6.35. The van der Waals surface area contributed by atoms with Crippen LogP contribution < -0.4 is 16.2 Å². The van der Waals surface area contributed by atoms with Crippen LogP contribution in [0.2, 0.25) is 0 Å². The van der Waals surface area contributed by atoms with E-state index in [9.17, 15) is 9.90 Å². The minimum Gasteiger partial charge on any atom is -0.393 e. The fourth-order valence-corrected chi connectivity index (χ4v) is 2.96. The Morgan fingerprint density at radius 1 is 1.29 bits per heavy atom. The number of nitrogens with zero attached hydrogens (tertiary/aromatic N) is 2. The van der Waals surface area contributed by atoms with E-state index in [2.05, 4.69) is 22.5 Å². The summed E-state index contributed by atoms with van der Waals surface area (Å²) in [4.78, 5) is 16.2. The van der Waals surface area contributed by atoms with Crippen molar-refractivity contribution >= 4 is 5.96 Å². The average molecular weight is 334 g/mol. The minimum absolute atomic E-state index is 0.0514. The molecule has 0 aromatic carbocycles. The van der Waals surface area contributed by atoms with E-state index in [1.54, 1.807) is 16.7 Å². The van der Waals surface area contributed by atoms with Gasteiger partial charge in [-0.2, -0.15) is 0 Å². The molecule has 1 aliphatic rings. The van der Waals surface area contributed by atoms with Crippen LogP contribution in [0.5, 0.6) is 0 Å². The second-order valence-corrected chi connectivity index (χ2v) is 6.35. The molecule has 0 unspecified atom stereocenters. The van der Waals surface area contributed by atoms with E-state index in [0.717, 1.165) is 64.1 Å². The Hall–Kier alpha value is -1.82. The van der Waals surface area contributed by atoms with E-state index in [1.807, 2.05) is 12.3 Å². The first-order chi connectivity index (χ1) is 11.7. The van der Waals surface area contributed by atoms with Gasteiger partial charge in [-0.1, -0.05) is 6.07 Å². The molecule has 1 saturated carbocycles. The molecule has 6 heteroatoms. The van der Waals surface area contributed by atoms with E-state index in [-0.39, 0.29) is 11.7 Å². The standard InChI is InChI=1S/C18H30N4O2/c1-2-19-18(21-15-8-10-16(23)11-9-15)20-12-4-6-14-22-13-5-3-7-17(22)24/h3,5,7,13,15-16,23H,2,4,6,8-12,14H2,1H3,(H2,19,20,21). The highest BCUT2D eigenvalue weighted by atomic mass is 16.3. The van der Waals surface area contributed by atoms with E-state index in [4.69, 9.17) is 0 Å². The van der Waals surface area contributed by atoms with Crippen molar-refractivity contribution in [3.8, 4) is 0 Å². The van der Waals surface area contributed by atoms with Crippen molar-refractivity contribution in [2.75, 3.05) is 13.1 Å². The molecule has 1 aromatic rings. The normalized spacial score (nSPS) is 21.5. The van der Waals surface area contributed by atoms with Gasteiger partial charge < -0.3 is 20.3 Å². The number of aromatic nitrogens is 1. The number of nitrogens with one attached hydrogen (secondary N) is 2. The molecule has 0 spiro atoms. The van der Waals surface area contributed by atoms with Crippen molar-refractivity contribution in [2.24, 2.45) is 4.99 Å². The van der Waals surface area contributed by atoms with Crippen LogP contribution in [0.25, 0.3) is 0 Å². The Morgan fingerprint density at radius 3 is 2.79 bits per heavy atom. The van der Waals surface area contributed by atoms with Gasteiger partial charge in [-0.05, 0) is 51.5 Å². The molecule has 0 radical (unpaired) electrons. The van der Waals surface area contributed by atoms with Crippen molar-refractivity contribution in [1.29, 1.82) is 0 Å². The number of pyridine rings is 1. The smallest absolute Gasteiger partial charge is 0.250 e. The van der Waals surface area contributed by atoms with E-state index < -0.39 is 0 Å². The van der Waals surface area contributed by atoms with Crippen molar-refractivity contribution in [3.05, 3.63) is 34.7 Å². The van der Waals surface area contributed by atoms with Gasteiger partial charge in [0, 0.05) is 37.9 Å². The van der Waals surface area contributed by atoms with E-state index in [1.165, 1.54) is 0 Å². The topological polar surface area (TPSA) is 78.7 Å². The molecule has 0 amide bonds. The Bertz CT molecular complexity index is 562. The van der Waals surface area contributed by atoms with Crippen molar-refractivity contribution in [3.63, 3.8) is 0 Å². The van der Waals surface area contributed by atoms with E-state index in [0.29, 0.717) is 6.04 Å². The monoisotopic (exact) mass is 334 g/mol. The summed E-state index contributed by atoms with van der Waals surface area (Å²) in [5, 5.41) is 16.3. The number of unbranched alkanes of at least 4 members (excludes halogenated alkanes) is 1. The number of aliphatic imine (C=N–C) groups is 1. The molecule has 6 nitrogen and oxygen atoms in total. The summed E-state index contributed by atoms with van der Waals surface area (Å²) in [6.45, 7) is 4.37. The quantitative estimate of drug-likeness (QED) is 0.401. The summed E-state index contributed by atoms with van der Waals surface area (Å²) in [6.07, 6.45) is 7.28. The van der Waals surface area contributed by atoms with Crippen LogP contribution in [0.4, 0.5) is 0 Å². The summed E-state index contributed by atoms with van der Waals surface area (Å²) in [6, 6.07) is 5.64. The Labute approximate surface area is 144 Å². The van der Waals surface area contributed by atoms with Crippen LogP contribution in [0.3, 0.4) is 0 Å². The average Bonchev–Trinajstić information content (AvgIpc) is 2.58. The lowest BCUT2D eigenvalue weighted by Gasteiger charge is -2.27. The number of aryl methyl sites for hydroxylation is 1. The van der Waals surface area contributed by atoms with Crippen LogP contribution in [-0.2, 0) is 6.54 Å². The van der Waals surface area contributed by atoms with Gasteiger partial charge in [0.25, 0.3) is 0 Å². The summed E-state index contributed by atoms with van der Waals surface area (Å²) in [5.41, 5.74) is 0.0514. The molecule has 1 fully saturated rings. The first-order valence-corrected chi connectivity index (χ1v) is 9.07. The first kappa shape index (κ1) is 18.5. The predicted molar refractivity (Wildman–Crippen MR) is 97.3 cm³/mol. The van der Waals surface area contributed by atoms with Crippen molar-refractivity contribution < 1.29 is 5.11 Å². The minimum atomic E-state index is -0.135. The van der Waals surface area contributed by atoms with E-state index >= 15 is 0 Å². The second-order valence-electron chi connectivity index (χ2n) is 6.35. The van der Waals surface area contributed by atoms with Crippen molar-refractivity contribution in [1.82, 2.24) is 15.2 Å². The third-order valence-electron chi connectivity index (χ3n) is 4.36. The SMILES string of the molecule is CCNC(=NCCCCn1ccccc1=O)NC1CCC(O)CC1. The maximum atomic E-state index is 11.6.